The van der Waals surface area contributed by atoms with Crippen molar-refractivity contribution in [2.75, 3.05) is 0 Å². The lowest BCUT2D eigenvalue weighted by molar-refractivity contribution is 1.07. The first kappa shape index (κ1) is 30.1. The van der Waals surface area contributed by atoms with Crippen LogP contribution in [-0.4, -0.2) is 21.7 Å². The number of rotatable bonds is 6. The molecule has 8 aromatic rings. The summed E-state index contributed by atoms with van der Waals surface area (Å²) in [7, 11) is 0. The first-order valence-corrected chi connectivity index (χ1v) is 17.6. The highest BCUT2D eigenvalue weighted by Gasteiger charge is 2.31. The molecule has 1 aliphatic heterocycles. The van der Waals surface area contributed by atoms with Crippen molar-refractivity contribution in [3.05, 3.63) is 182 Å². The number of aromatic nitrogens is 3. The Morgan fingerprint density at radius 2 is 0.760 bits per heavy atom. The third-order valence-electron chi connectivity index (χ3n) is 9.26. The van der Waals surface area contributed by atoms with Crippen LogP contribution in [0.1, 0.15) is 0 Å². The van der Waals surface area contributed by atoms with Gasteiger partial charge in [0.05, 0.1) is 0 Å². The summed E-state index contributed by atoms with van der Waals surface area (Å²) in [6.45, 7) is 0.215. The van der Waals surface area contributed by atoms with E-state index in [1.54, 1.807) is 0 Å². The summed E-state index contributed by atoms with van der Waals surface area (Å²) in [6.07, 6.45) is 0. The zero-order valence-electron chi connectivity index (χ0n) is 27.1. The van der Waals surface area contributed by atoms with Crippen molar-refractivity contribution in [3.8, 4) is 56.4 Å². The van der Waals surface area contributed by atoms with E-state index in [2.05, 4.69) is 121 Å². The Morgan fingerprint density at radius 3 is 1.38 bits per heavy atom. The van der Waals surface area contributed by atoms with E-state index in [0.29, 0.717) is 17.5 Å². The Balaban J connectivity index is 1.08. The molecule has 0 spiro atoms. The van der Waals surface area contributed by atoms with Crippen molar-refractivity contribution in [1.82, 2.24) is 15.0 Å². The summed E-state index contributed by atoms with van der Waals surface area (Å²) >= 11 is 1.87. The molecule has 0 saturated heterocycles. The van der Waals surface area contributed by atoms with Crippen molar-refractivity contribution < 1.29 is 0 Å². The lowest BCUT2D eigenvalue weighted by Crippen LogP contribution is -2.55. The maximum absolute atomic E-state index is 4.96. The van der Waals surface area contributed by atoms with Gasteiger partial charge < -0.3 is 0 Å². The molecule has 7 aromatic carbocycles. The van der Waals surface area contributed by atoms with Gasteiger partial charge in [-0.1, -0.05) is 186 Å². The molecule has 1 aromatic heterocycles. The largest absolute Gasteiger partial charge is 0.244 e. The van der Waals surface area contributed by atoms with Gasteiger partial charge in [0.2, 0.25) is 6.71 Å². The topological polar surface area (TPSA) is 38.7 Å². The fourth-order valence-corrected chi connectivity index (χ4v) is 7.97. The van der Waals surface area contributed by atoms with Crippen molar-refractivity contribution >= 4 is 34.9 Å². The van der Waals surface area contributed by atoms with Gasteiger partial charge in [-0.05, 0) is 46.5 Å². The Kier molecular flexibility index (Phi) is 7.88. The fourth-order valence-electron chi connectivity index (χ4n) is 6.80. The molecule has 2 heterocycles. The first-order chi connectivity index (χ1) is 24.8. The Hall–Kier alpha value is -6.04. The molecule has 5 heteroatoms. The van der Waals surface area contributed by atoms with Crippen molar-refractivity contribution in [2.45, 2.75) is 9.79 Å². The number of hydrogen-bond donors (Lipinski definition) is 0. The third kappa shape index (κ3) is 5.82. The van der Waals surface area contributed by atoms with Gasteiger partial charge in [-0.25, -0.2) is 15.0 Å². The summed E-state index contributed by atoms with van der Waals surface area (Å²) in [4.78, 5) is 17.4. The van der Waals surface area contributed by atoms with E-state index < -0.39 is 0 Å². The van der Waals surface area contributed by atoms with E-state index in [1.807, 2.05) is 72.4 Å². The molecular weight excluding hydrogens is 625 g/mol. The monoisotopic (exact) mass is 655 g/mol. The number of fused-ring (bicyclic) bond motifs is 2. The van der Waals surface area contributed by atoms with Crippen LogP contribution < -0.4 is 16.4 Å². The minimum absolute atomic E-state index is 0.215. The molecule has 3 nitrogen and oxygen atoms in total. The Bertz CT molecular complexity index is 2410. The van der Waals surface area contributed by atoms with E-state index in [-0.39, 0.29) is 6.71 Å². The average Bonchev–Trinajstić information content (AvgIpc) is 3.20. The standard InChI is InChI=1S/C45H30BN3S/c1-4-14-31(15-5-1)43-47-44(32-16-6-2-7-17-32)49-45(48-43)37-21-13-20-35(29-37)33-18-12-19-34(28-33)36-26-27-40-42(30-36)50-41-25-11-10-24-39(41)46(40)38-22-8-3-9-23-38/h1-30H. The molecule has 0 aliphatic carbocycles. The molecule has 1 aliphatic rings. The Morgan fingerprint density at radius 1 is 0.320 bits per heavy atom. The lowest BCUT2D eigenvalue weighted by atomic mass is 9.36. The summed E-state index contributed by atoms with van der Waals surface area (Å²) in [5.41, 5.74) is 11.5. The van der Waals surface area contributed by atoms with Crippen LogP contribution in [0.25, 0.3) is 56.4 Å². The second-order valence-corrected chi connectivity index (χ2v) is 13.5. The number of nitrogens with zero attached hydrogens (tertiary/aromatic N) is 3. The van der Waals surface area contributed by atoms with Gasteiger partial charge >= 0.3 is 0 Å². The average molecular weight is 656 g/mol. The fraction of sp³-hybridized carbons (Fsp3) is 0. The minimum atomic E-state index is 0.215. The maximum Gasteiger partial charge on any atom is 0.244 e. The molecule has 0 saturated carbocycles. The van der Waals surface area contributed by atoms with Crippen LogP contribution in [0, 0.1) is 0 Å². The smallest absolute Gasteiger partial charge is 0.208 e. The summed E-state index contributed by atoms with van der Waals surface area (Å²) in [6, 6.07) is 64.2. The predicted molar refractivity (Wildman–Crippen MR) is 209 cm³/mol. The van der Waals surface area contributed by atoms with E-state index in [4.69, 9.17) is 15.0 Å². The second kappa shape index (κ2) is 13.1. The molecule has 50 heavy (non-hydrogen) atoms. The van der Waals surface area contributed by atoms with Gasteiger partial charge in [-0.3, -0.25) is 0 Å². The van der Waals surface area contributed by atoms with Crippen LogP contribution in [0.3, 0.4) is 0 Å². The van der Waals surface area contributed by atoms with Crippen LogP contribution in [-0.2, 0) is 0 Å². The van der Waals surface area contributed by atoms with Crippen LogP contribution in [0.5, 0.6) is 0 Å². The van der Waals surface area contributed by atoms with E-state index in [9.17, 15) is 0 Å². The minimum Gasteiger partial charge on any atom is -0.208 e. The molecule has 234 valence electrons. The van der Waals surface area contributed by atoms with Crippen LogP contribution in [0.2, 0.25) is 0 Å². The predicted octanol–water partition coefficient (Wildman–Crippen LogP) is 9.19. The van der Waals surface area contributed by atoms with Gasteiger partial charge in [0.1, 0.15) is 0 Å². The normalized spacial score (nSPS) is 11.9. The van der Waals surface area contributed by atoms with Crippen LogP contribution in [0.15, 0.2) is 192 Å². The quantitative estimate of drug-likeness (QED) is 0.168. The highest BCUT2D eigenvalue weighted by molar-refractivity contribution is 8.00. The molecule has 0 fully saturated rings. The van der Waals surface area contributed by atoms with Gasteiger partial charge in [0.25, 0.3) is 0 Å². The maximum atomic E-state index is 4.96. The van der Waals surface area contributed by atoms with Crippen molar-refractivity contribution in [3.63, 3.8) is 0 Å². The van der Waals surface area contributed by atoms with Crippen molar-refractivity contribution in [2.24, 2.45) is 0 Å². The molecular formula is C45H30BN3S. The Labute approximate surface area is 296 Å². The molecule has 0 unspecified atom stereocenters. The highest BCUT2D eigenvalue weighted by Crippen LogP contribution is 2.35. The number of hydrogen-bond acceptors (Lipinski definition) is 4. The van der Waals surface area contributed by atoms with Gasteiger partial charge in [0, 0.05) is 26.5 Å². The van der Waals surface area contributed by atoms with E-state index >= 15 is 0 Å². The molecule has 0 atom stereocenters. The SMILES string of the molecule is c1ccc(B2c3ccccc3Sc3cc(-c4cccc(-c5cccc(-c6nc(-c7ccccc7)nc(-c7ccccc7)n6)c5)c4)ccc32)cc1. The molecule has 0 radical (unpaired) electrons. The van der Waals surface area contributed by atoms with Gasteiger partial charge in [-0.2, -0.15) is 0 Å². The van der Waals surface area contributed by atoms with E-state index in [1.165, 1.54) is 37.3 Å². The highest BCUT2D eigenvalue weighted by atomic mass is 32.2. The molecule has 0 N–H and O–H groups in total. The molecule has 0 amide bonds. The zero-order chi connectivity index (χ0) is 33.3. The second-order valence-electron chi connectivity index (χ2n) is 12.4. The molecule has 9 rings (SSSR count). The van der Waals surface area contributed by atoms with Gasteiger partial charge in [-0.15, -0.1) is 0 Å². The first-order valence-electron chi connectivity index (χ1n) is 16.8. The summed E-state index contributed by atoms with van der Waals surface area (Å²) < 4.78 is 0. The van der Waals surface area contributed by atoms with Gasteiger partial charge in [0.15, 0.2) is 17.5 Å². The molecule has 0 bridgehead atoms. The summed E-state index contributed by atoms with van der Waals surface area (Å²) in [5, 5.41) is 0. The van der Waals surface area contributed by atoms with Crippen molar-refractivity contribution in [1.29, 1.82) is 0 Å². The summed E-state index contributed by atoms with van der Waals surface area (Å²) in [5.74, 6) is 1.96. The third-order valence-corrected chi connectivity index (χ3v) is 10.4. The number of benzene rings is 7. The van der Waals surface area contributed by atoms with E-state index in [0.717, 1.165) is 27.8 Å². The van der Waals surface area contributed by atoms with Crippen LogP contribution >= 0.6 is 11.8 Å². The lowest BCUT2D eigenvalue weighted by Gasteiger charge is -2.26. The zero-order valence-corrected chi connectivity index (χ0v) is 28.0. The van der Waals surface area contributed by atoms with Crippen LogP contribution in [0.4, 0.5) is 0 Å².